The molecule has 0 aliphatic carbocycles. The summed E-state index contributed by atoms with van der Waals surface area (Å²) >= 11 is 0. The number of methoxy groups -OCH3 is 2. The van der Waals surface area contributed by atoms with Crippen LogP contribution < -0.4 is 105 Å². The van der Waals surface area contributed by atoms with Gasteiger partial charge in [-0.15, -0.1) is 0 Å². The van der Waals surface area contributed by atoms with E-state index in [1.807, 2.05) is 82.3 Å². The van der Waals surface area contributed by atoms with E-state index in [2.05, 4.69) is 26.6 Å². The van der Waals surface area contributed by atoms with Crippen molar-refractivity contribution in [3.05, 3.63) is 266 Å². The van der Waals surface area contributed by atoms with Crippen LogP contribution in [0.25, 0.3) is 0 Å². The fourth-order valence-corrected chi connectivity index (χ4v) is 9.51. The first-order chi connectivity index (χ1) is 48.0. The van der Waals surface area contributed by atoms with Gasteiger partial charge in [-0.3, -0.25) is 38.4 Å². The lowest BCUT2D eigenvalue weighted by molar-refractivity contribution is 0.274. The number of ether oxygens (including phenoxy) is 5. The number of aryl methyl sites for hydroxylation is 4. The van der Waals surface area contributed by atoms with E-state index >= 15 is 0 Å². The second-order valence-corrected chi connectivity index (χ2v) is 22.9. The molecule has 0 aliphatic rings. The Morgan fingerprint density at radius 3 is 1.07 bits per heavy atom. The normalized spacial score (nSPS) is 11.4. The minimum atomic E-state index is -0.602. The monoisotopic (exact) mass is 1380 g/mol. The highest BCUT2D eigenvalue weighted by atomic mass is 16.5. The van der Waals surface area contributed by atoms with E-state index in [0.29, 0.717) is 65.0 Å². The molecule has 0 spiro atoms. The largest absolute Gasteiger partial charge is 0.508 e. The molecular weight excluding hydrogens is 1300 g/mol. The summed E-state index contributed by atoms with van der Waals surface area (Å²) in [6.45, 7) is 19.0. The topological polar surface area (TPSA) is 396 Å². The summed E-state index contributed by atoms with van der Waals surface area (Å²) in [4.78, 5) is 92.1. The number of hydrogen-bond donors (Lipinski definition) is 12. The Balaban J connectivity index is 0.000000199. The van der Waals surface area contributed by atoms with Crippen molar-refractivity contribution in [2.24, 2.45) is 5.73 Å². The van der Waals surface area contributed by atoms with Gasteiger partial charge in [0.2, 0.25) is 11.5 Å². The van der Waals surface area contributed by atoms with Gasteiger partial charge in [0, 0.05) is 40.9 Å². The summed E-state index contributed by atoms with van der Waals surface area (Å²) in [5.41, 5.74) is 15.8. The lowest BCUT2D eigenvalue weighted by atomic mass is 10.1. The molecule has 25 heteroatoms. The molecule has 0 heterocycles. The van der Waals surface area contributed by atoms with Crippen molar-refractivity contribution < 1.29 is 49.2 Å². The van der Waals surface area contributed by atoms with Gasteiger partial charge in [0.05, 0.1) is 34.0 Å². The molecule has 3 atom stereocenters. The highest BCUT2D eigenvalue weighted by Gasteiger charge is 2.27. The van der Waals surface area contributed by atoms with E-state index in [-0.39, 0.29) is 86.8 Å². The smallest absolute Gasteiger partial charge is 0.275 e. The van der Waals surface area contributed by atoms with Crippen molar-refractivity contribution >= 4 is 51.2 Å². The molecule has 0 saturated heterocycles. The number of nitrogen functional groups attached to an aromatic ring is 1. The number of hydrogen-bond acceptors (Lipinski definition) is 25. The van der Waals surface area contributed by atoms with E-state index in [9.17, 15) is 58.8 Å². The van der Waals surface area contributed by atoms with Crippen LogP contribution in [0.5, 0.6) is 57.5 Å². The number of nitrogens with one attached hydrogen (secondary N) is 5. The number of phenols is 5. The van der Waals surface area contributed by atoms with Crippen LogP contribution in [-0.4, -0.2) is 59.6 Å². The standard InChI is InChI=1S/C20H20N2O4.C19H18N2O4.C13H13NO4.C9H13NO.C8H10O4.C7H9NO/c1-11-9-14(7-8-16(11)23)22-18-17(19(24)20(18)25)21-12(2)13-5-4-6-15(10-13)26-3;1-10-8-13(6-7-15(10)23)21-17-16(18(24)19(17)25)20-11(2)12-4-3-5-14(22)9-12;1-3-18-13-10(11(16)12(13)17)14-8-4-5-9(15)7(2)6-8;1-7(10)8-4-3-5-9(6-8)11-2;1-3-11-7-5(9)6(10)8(7)12-4-2;1-5-4-6(8)2-3-7(5)9/h4-10,12,21-23H,1-3H3;3-9,11,20-23H,1-2H3;4-6,14-15H,3H2,1-2H3;3-7H,10H2,1-2H3;3-4H2,1-2H3;2-4,9H,8H2,1H3/t12-;11-;;7-;;/m11.1../s1. The maximum Gasteiger partial charge on any atom is 0.275 e. The van der Waals surface area contributed by atoms with E-state index in [4.69, 9.17) is 40.3 Å². The Hall–Kier alpha value is -12.4. The van der Waals surface area contributed by atoms with Crippen LogP contribution in [0.4, 0.5) is 51.2 Å². The Kier molecular flexibility index (Phi) is 27.5. The van der Waals surface area contributed by atoms with Crippen molar-refractivity contribution in [2.45, 2.75) is 87.4 Å². The van der Waals surface area contributed by atoms with Gasteiger partial charge in [-0.05, 0) is 217 Å². The zero-order chi connectivity index (χ0) is 74.5. The Labute approximate surface area is 581 Å². The van der Waals surface area contributed by atoms with Gasteiger partial charge in [-0.1, -0.05) is 36.4 Å². The quantitative estimate of drug-likeness (QED) is 0.0181. The summed E-state index contributed by atoms with van der Waals surface area (Å²) in [5, 5.41) is 62.0. The van der Waals surface area contributed by atoms with Crippen molar-refractivity contribution in [3.8, 4) is 57.5 Å². The second kappa shape index (κ2) is 35.7. The number of nitrogens with two attached hydrogens (primary N) is 2. The lowest BCUT2D eigenvalue weighted by Crippen LogP contribution is -2.37. The molecule has 0 aromatic heterocycles. The predicted octanol–water partition coefficient (Wildman–Crippen LogP) is 10.7. The minimum Gasteiger partial charge on any atom is -0.508 e. The highest BCUT2D eigenvalue weighted by Crippen LogP contribution is 2.32. The first-order valence-corrected chi connectivity index (χ1v) is 31.8. The van der Waals surface area contributed by atoms with E-state index in [1.54, 1.807) is 129 Å². The van der Waals surface area contributed by atoms with E-state index in [0.717, 1.165) is 33.8 Å². The molecule has 11 rings (SSSR count). The van der Waals surface area contributed by atoms with Crippen LogP contribution in [0.3, 0.4) is 0 Å². The van der Waals surface area contributed by atoms with Crippen molar-refractivity contribution in [3.63, 3.8) is 0 Å². The molecular formula is C76H83N7O18. The van der Waals surface area contributed by atoms with Crippen molar-refractivity contribution in [2.75, 3.05) is 66.4 Å². The first kappa shape index (κ1) is 77.6. The van der Waals surface area contributed by atoms with Gasteiger partial charge in [-0.2, -0.15) is 0 Å². The van der Waals surface area contributed by atoms with Crippen LogP contribution in [-0.2, 0) is 0 Å². The number of aromatic hydroxyl groups is 5. The van der Waals surface area contributed by atoms with Gasteiger partial charge in [0.15, 0.2) is 5.75 Å². The number of benzene rings is 7. The average Bonchev–Trinajstić information content (AvgIpc) is 0.790. The predicted molar refractivity (Wildman–Crippen MR) is 395 cm³/mol. The molecule has 0 fully saturated rings. The van der Waals surface area contributed by atoms with Crippen LogP contribution >= 0.6 is 0 Å². The van der Waals surface area contributed by atoms with Gasteiger partial charge < -0.3 is 87.3 Å². The Morgan fingerprint density at radius 2 is 0.703 bits per heavy atom. The molecule has 0 bridgehead atoms. The molecule has 0 amide bonds. The number of rotatable bonds is 21. The molecule has 0 unspecified atom stereocenters. The zero-order valence-corrected chi connectivity index (χ0v) is 57.9. The molecule has 14 N–H and O–H groups in total. The summed E-state index contributed by atoms with van der Waals surface area (Å²) in [7, 11) is 3.25. The van der Waals surface area contributed by atoms with Crippen LogP contribution in [0.1, 0.15) is 98.6 Å². The summed E-state index contributed by atoms with van der Waals surface area (Å²) in [6.07, 6.45) is 0. The van der Waals surface area contributed by atoms with Gasteiger partial charge in [0.1, 0.15) is 68.7 Å². The van der Waals surface area contributed by atoms with Crippen molar-refractivity contribution in [1.82, 2.24) is 0 Å². The zero-order valence-electron chi connectivity index (χ0n) is 57.9. The maximum absolute atomic E-state index is 12.0. The van der Waals surface area contributed by atoms with Gasteiger partial charge >= 0.3 is 0 Å². The fourth-order valence-electron chi connectivity index (χ4n) is 9.51. The molecule has 0 aliphatic heterocycles. The summed E-state index contributed by atoms with van der Waals surface area (Å²) in [6, 6.07) is 41.1. The van der Waals surface area contributed by atoms with Crippen LogP contribution in [0.15, 0.2) is 184 Å². The lowest BCUT2D eigenvalue weighted by Gasteiger charge is -2.20. The molecule has 25 nitrogen and oxygen atoms in total. The van der Waals surface area contributed by atoms with E-state index < -0.39 is 43.4 Å². The first-order valence-electron chi connectivity index (χ1n) is 31.8. The molecule has 530 valence electrons. The minimum absolute atomic E-state index is 0.0735. The second-order valence-electron chi connectivity index (χ2n) is 22.9. The highest BCUT2D eigenvalue weighted by molar-refractivity contribution is 5.81. The SMILES string of the molecule is CCOc1c(Nc2ccc(O)c(C)c2)c(=O)c1=O.CCOc1c(OCC)c(=O)c1=O.COc1cccc([C@@H](C)N)c1.COc1cccc([C@@H](C)Nc2c(Nc3ccc(O)c(C)c3)c(=O)c2=O)c1.Cc1cc(N)ccc1O.Cc1cc(Nc2c(N[C@H](C)c3cccc(O)c3)c(=O)c2=O)ccc1O. The molecule has 101 heavy (non-hydrogen) atoms. The third-order valence-corrected chi connectivity index (χ3v) is 15.3. The molecule has 0 radical (unpaired) electrons. The molecule has 0 saturated carbocycles. The number of phenolic OH excluding ortho intramolecular Hbond substituents is 5. The summed E-state index contributed by atoms with van der Waals surface area (Å²) < 4.78 is 25.2. The maximum atomic E-state index is 12.0. The van der Waals surface area contributed by atoms with E-state index in [1.165, 1.54) is 18.2 Å². The average molecular weight is 1380 g/mol. The van der Waals surface area contributed by atoms with Crippen LogP contribution in [0, 0.1) is 27.7 Å². The van der Waals surface area contributed by atoms with Gasteiger partial charge in [-0.25, -0.2) is 0 Å². The third-order valence-electron chi connectivity index (χ3n) is 15.3. The van der Waals surface area contributed by atoms with Crippen LogP contribution in [0.2, 0.25) is 0 Å². The molecule has 11 aromatic rings. The summed E-state index contributed by atoms with van der Waals surface area (Å²) in [5.74, 6) is 2.74. The van der Waals surface area contributed by atoms with Gasteiger partial charge in [0.25, 0.3) is 43.4 Å². The third kappa shape index (κ3) is 20.1. The Morgan fingerprint density at radius 1 is 0.376 bits per heavy atom. The fraction of sp³-hybridized carbons (Fsp3) is 0.237. The number of anilines is 9. The molecule has 11 aromatic carbocycles. The van der Waals surface area contributed by atoms with Crippen molar-refractivity contribution in [1.29, 1.82) is 0 Å². The Bertz CT molecular complexity index is 4920.